The molecule has 5 nitrogen and oxygen atoms in total. The van der Waals surface area contributed by atoms with Gasteiger partial charge in [-0.25, -0.2) is 9.78 Å². The molecule has 0 aliphatic heterocycles. The number of nitrogens with two attached hydrogens (primary N) is 1. The van der Waals surface area contributed by atoms with Crippen molar-refractivity contribution >= 4 is 27.7 Å². The Morgan fingerprint density at radius 2 is 2.26 bits per heavy atom. The largest absolute Gasteiger partial charge is 0.461 e. The van der Waals surface area contributed by atoms with Crippen LogP contribution in [0.5, 0.6) is 0 Å². The van der Waals surface area contributed by atoms with Crippen LogP contribution in [0.1, 0.15) is 29.9 Å². The van der Waals surface area contributed by atoms with Crippen molar-refractivity contribution in [2.45, 2.75) is 25.6 Å². The van der Waals surface area contributed by atoms with E-state index < -0.39 is 24.1 Å². The minimum Gasteiger partial charge on any atom is -0.461 e. The fraction of sp³-hybridized carbons (Fsp3) is 0.600. The SMILES string of the molecule is CCOC(=O)c1nc(Br)n([C@@H]2C[C@H]2C(F)(F)F)c1N. The zero-order valence-electron chi connectivity index (χ0n) is 9.87. The molecular weight excluding hydrogens is 331 g/mol. The summed E-state index contributed by atoms with van der Waals surface area (Å²) in [5.74, 6) is -2.30. The van der Waals surface area contributed by atoms with Gasteiger partial charge in [-0.3, -0.25) is 0 Å². The molecule has 0 amide bonds. The molecule has 2 rings (SSSR count). The maximum Gasteiger partial charge on any atom is 0.393 e. The molecule has 0 saturated heterocycles. The van der Waals surface area contributed by atoms with Crippen molar-refractivity contribution in [3.05, 3.63) is 10.4 Å². The fourth-order valence-corrected chi connectivity index (χ4v) is 2.53. The monoisotopic (exact) mass is 341 g/mol. The molecule has 1 aliphatic rings. The Labute approximate surface area is 115 Å². The van der Waals surface area contributed by atoms with E-state index in [0.29, 0.717) is 0 Å². The number of hydrogen-bond acceptors (Lipinski definition) is 4. The molecule has 1 aromatic rings. The predicted octanol–water partition coefficient (Wildman–Crippen LogP) is 2.53. The van der Waals surface area contributed by atoms with Crippen molar-refractivity contribution in [2.75, 3.05) is 12.3 Å². The Morgan fingerprint density at radius 1 is 1.63 bits per heavy atom. The molecule has 2 atom stereocenters. The van der Waals surface area contributed by atoms with Gasteiger partial charge in [0.25, 0.3) is 0 Å². The molecule has 9 heteroatoms. The van der Waals surface area contributed by atoms with Gasteiger partial charge < -0.3 is 15.0 Å². The van der Waals surface area contributed by atoms with Gasteiger partial charge in [-0.2, -0.15) is 13.2 Å². The highest BCUT2D eigenvalue weighted by Crippen LogP contribution is 2.55. The van der Waals surface area contributed by atoms with Crippen molar-refractivity contribution in [3.8, 4) is 0 Å². The van der Waals surface area contributed by atoms with Crippen LogP contribution < -0.4 is 5.73 Å². The van der Waals surface area contributed by atoms with Crippen molar-refractivity contribution in [3.63, 3.8) is 0 Å². The number of halogens is 4. The van der Waals surface area contributed by atoms with Gasteiger partial charge in [0.1, 0.15) is 5.82 Å². The Morgan fingerprint density at radius 3 is 2.74 bits per heavy atom. The molecule has 19 heavy (non-hydrogen) atoms. The lowest BCUT2D eigenvalue weighted by Gasteiger charge is -2.08. The van der Waals surface area contributed by atoms with E-state index in [2.05, 4.69) is 20.9 Å². The molecule has 1 heterocycles. The number of imidazole rings is 1. The van der Waals surface area contributed by atoms with Crippen LogP contribution in [-0.2, 0) is 4.74 Å². The van der Waals surface area contributed by atoms with Crippen LogP contribution in [-0.4, -0.2) is 28.3 Å². The lowest BCUT2D eigenvalue weighted by Crippen LogP contribution is -2.15. The van der Waals surface area contributed by atoms with Gasteiger partial charge in [-0.15, -0.1) is 0 Å². The van der Waals surface area contributed by atoms with Gasteiger partial charge >= 0.3 is 12.1 Å². The number of carbonyl (C=O) groups excluding carboxylic acids is 1. The van der Waals surface area contributed by atoms with Crippen molar-refractivity contribution in [1.29, 1.82) is 0 Å². The predicted molar refractivity (Wildman–Crippen MR) is 63.5 cm³/mol. The molecule has 1 aromatic heterocycles. The van der Waals surface area contributed by atoms with E-state index in [-0.39, 0.29) is 29.3 Å². The highest BCUT2D eigenvalue weighted by Gasteiger charge is 2.57. The lowest BCUT2D eigenvalue weighted by atomic mass is 10.4. The van der Waals surface area contributed by atoms with Crippen LogP contribution in [0.3, 0.4) is 0 Å². The number of anilines is 1. The van der Waals surface area contributed by atoms with Gasteiger partial charge in [0, 0.05) is 6.04 Å². The standard InChI is InChI=1S/C10H11BrF3N3O2/c1-2-19-8(18)6-7(15)17(9(11)16-6)5-3-4(5)10(12,13)14/h4-5H,2-3,15H2,1H3/t4-,5-/m1/s1. The summed E-state index contributed by atoms with van der Waals surface area (Å²) in [7, 11) is 0. The van der Waals surface area contributed by atoms with Gasteiger partial charge in [0.2, 0.25) is 0 Å². The molecule has 1 aliphatic carbocycles. The molecule has 1 saturated carbocycles. The Bertz CT molecular complexity index is 515. The summed E-state index contributed by atoms with van der Waals surface area (Å²) in [6.45, 7) is 1.75. The number of nitrogens with zero attached hydrogens (tertiary/aromatic N) is 2. The number of ether oxygens (including phenoxy) is 1. The Balaban J connectivity index is 2.27. The van der Waals surface area contributed by atoms with Gasteiger partial charge in [0.05, 0.1) is 12.5 Å². The van der Waals surface area contributed by atoms with Gasteiger partial charge in [-0.1, -0.05) is 0 Å². The number of hydrogen-bond donors (Lipinski definition) is 1. The number of alkyl halides is 3. The quantitative estimate of drug-likeness (QED) is 0.857. The second kappa shape index (κ2) is 4.69. The molecule has 0 aromatic carbocycles. The summed E-state index contributed by atoms with van der Waals surface area (Å²) in [6.07, 6.45) is -4.34. The van der Waals surface area contributed by atoms with Crippen LogP contribution in [0.25, 0.3) is 0 Å². The van der Waals surface area contributed by atoms with E-state index in [0.717, 1.165) is 0 Å². The summed E-state index contributed by atoms with van der Waals surface area (Å²) in [4.78, 5) is 15.4. The number of aromatic nitrogens is 2. The zero-order valence-corrected chi connectivity index (χ0v) is 11.5. The van der Waals surface area contributed by atoms with E-state index in [1.165, 1.54) is 4.57 Å². The first-order valence-corrected chi connectivity index (χ1v) is 6.33. The number of esters is 1. The second-order valence-electron chi connectivity index (χ2n) is 4.16. The minimum atomic E-state index is -4.27. The van der Waals surface area contributed by atoms with Crippen LogP contribution in [0.2, 0.25) is 0 Å². The van der Waals surface area contributed by atoms with E-state index in [1.54, 1.807) is 6.92 Å². The molecule has 1 fully saturated rings. The van der Waals surface area contributed by atoms with Gasteiger partial charge in [-0.05, 0) is 29.3 Å². The van der Waals surface area contributed by atoms with Crippen LogP contribution >= 0.6 is 15.9 Å². The molecule has 0 bridgehead atoms. The molecule has 106 valence electrons. The van der Waals surface area contributed by atoms with Crippen molar-refractivity contribution in [1.82, 2.24) is 9.55 Å². The van der Waals surface area contributed by atoms with Crippen LogP contribution in [0.4, 0.5) is 19.0 Å². The third-order valence-corrected chi connectivity index (χ3v) is 3.44. The van der Waals surface area contributed by atoms with Crippen LogP contribution in [0.15, 0.2) is 4.73 Å². The smallest absolute Gasteiger partial charge is 0.393 e. The van der Waals surface area contributed by atoms with Crippen LogP contribution in [0, 0.1) is 5.92 Å². The fourth-order valence-electron chi connectivity index (χ4n) is 1.90. The summed E-state index contributed by atoms with van der Waals surface area (Å²) >= 11 is 3.02. The van der Waals surface area contributed by atoms with Crippen molar-refractivity contribution in [2.24, 2.45) is 5.92 Å². The van der Waals surface area contributed by atoms with Crippen molar-refractivity contribution < 1.29 is 22.7 Å². The second-order valence-corrected chi connectivity index (χ2v) is 4.87. The number of carbonyl (C=O) groups is 1. The average molecular weight is 342 g/mol. The highest BCUT2D eigenvalue weighted by atomic mass is 79.9. The summed E-state index contributed by atoms with van der Waals surface area (Å²) in [5.41, 5.74) is 5.52. The molecule has 0 unspecified atom stereocenters. The van der Waals surface area contributed by atoms with E-state index in [1.807, 2.05) is 0 Å². The molecule has 2 N–H and O–H groups in total. The first-order chi connectivity index (χ1) is 8.77. The first kappa shape index (κ1) is 14.2. The first-order valence-electron chi connectivity index (χ1n) is 5.54. The third-order valence-electron chi connectivity index (χ3n) is 2.88. The summed E-state index contributed by atoms with van der Waals surface area (Å²) in [6, 6.07) is -0.815. The summed E-state index contributed by atoms with van der Waals surface area (Å²) < 4.78 is 43.7. The lowest BCUT2D eigenvalue weighted by molar-refractivity contribution is -0.150. The third kappa shape index (κ3) is 2.56. The Hall–Kier alpha value is -1.25. The van der Waals surface area contributed by atoms with E-state index in [9.17, 15) is 18.0 Å². The maximum atomic E-state index is 12.5. The minimum absolute atomic E-state index is 0.0646. The molecular formula is C10H11BrF3N3O2. The normalized spacial score (nSPS) is 22.4. The van der Waals surface area contributed by atoms with Gasteiger partial charge in [0.15, 0.2) is 10.4 Å². The molecule has 0 radical (unpaired) electrons. The van der Waals surface area contributed by atoms with E-state index >= 15 is 0 Å². The summed E-state index contributed by atoms with van der Waals surface area (Å²) in [5, 5.41) is 0. The average Bonchev–Trinajstić information content (AvgIpc) is 3.01. The highest BCUT2D eigenvalue weighted by molar-refractivity contribution is 9.10. The topological polar surface area (TPSA) is 70.1 Å². The zero-order chi connectivity index (χ0) is 14.4. The van der Waals surface area contributed by atoms with E-state index in [4.69, 9.17) is 10.5 Å². The number of nitrogen functional groups attached to an aromatic ring is 1. The maximum absolute atomic E-state index is 12.5. The molecule has 0 spiro atoms. The number of rotatable bonds is 3. The Kier molecular flexibility index (Phi) is 3.50.